The fraction of sp³-hybridized carbons (Fsp3) is 0.700. The quantitative estimate of drug-likeness (QED) is 0.521. The van der Waals surface area contributed by atoms with Crippen molar-refractivity contribution in [3.63, 3.8) is 0 Å². The molecule has 0 spiro atoms. The van der Waals surface area contributed by atoms with E-state index in [1.54, 1.807) is 0 Å². The standard InChI is InChI=1S/C20H32F3N5/c1-3-24-19(26-11-7-18-5-4-16(2)27-14-18)25-10-6-17-8-12-28(13-9-17)15-20(21,22)23/h4-5,14,17H,3,6-13,15H2,1-2H3,(H2,24,25,26). The van der Waals surface area contributed by atoms with Crippen molar-refractivity contribution in [2.24, 2.45) is 10.9 Å². The largest absolute Gasteiger partial charge is 0.401 e. The van der Waals surface area contributed by atoms with E-state index in [4.69, 9.17) is 0 Å². The average Bonchev–Trinajstić information content (AvgIpc) is 2.63. The van der Waals surface area contributed by atoms with E-state index in [-0.39, 0.29) is 0 Å². The number of rotatable bonds is 8. The first-order chi connectivity index (χ1) is 13.4. The maximum Gasteiger partial charge on any atom is 0.401 e. The van der Waals surface area contributed by atoms with Gasteiger partial charge in [0.25, 0.3) is 0 Å². The second kappa shape index (κ2) is 11.2. The van der Waals surface area contributed by atoms with E-state index in [2.05, 4.69) is 26.7 Å². The summed E-state index contributed by atoms with van der Waals surface area (Å²) in [6.45, 7) is 6.50. The number of nitrogens with zero attached hydrogens (tertiary/aromatic N) is 3. The molecular formula is C20H32F3N5. The highest BCUT2D eigenvalue weighted by Crippen LogP contribution is 2.24. The van der Waals surface area contributed by atoms with Gasteiger partial charge in [0.05, 0.1) is 6.54 Å². The van der Waals surface area contributed by atoms with Gasteiger partial charge in [-0.25, -0.2) is 0 Å². The fourth-order valence-corrected chi connectivity index (χ4v) is 3.36. The van der Waals surface area contributed by atoms with E-state index in [0.29, 0.717) is 25.6 Å². The lowest BCUT2D eigenvalue weighted by Crippen LogP contribution is -2.40. The molecule has 28 heavy (non-hydrogen) atoms. The van der Waals surface area contributed by atoms with Gasteiger partial charge in [0, 0.05) is 31.5 Å². The Bertz CT molecular complexity index is 593. The number of halogens is 3. The van der Waals surface area contributed by atoms with Gasteiger partial charge in [0.15, 0.2) is 5.96 Å². The summed E-state index contributed by atoms with van der Waals surface area (Å²) in [6.07, 6.45) is 1.21. The third-order valence-corrected chi connectivity index (χ3v) is 4.94. The zero-order valence-electron chi connectivity index (χ0n) is 16.9. The second-order valence-electron chi connectivity index (χ2n) is 7.37. The highest BCUT2D eigenvalue weighted by molar-refractivity contribution is 5.79. The number of likely N-dealkylation sites (tertiary alicyclic amines) is 1. The number of guanidine groups is 1. The molecule has 2 heterocycles. The minimum absolute atomic E-state index is 0.453. The van der Waals surface area contributed by atoms with E-state index in [9.17, 15) is 13.2 Å². The number of pyridine rings is 1. The Hall–Kier alpha value is -1.83. The molecule has 0 unspecified atom stereocenters. The summed E-state index contributed by atoms with van der Waals surface area (Å²) in [5.41, 5.74) is 2.19. The Morgan fingerprint density at radius 2 is 2.00 bits per heavy atom. The van der Waals surface area contributed by atoms with Crippen molar-refractivity contribution < 1.29 is 13.2 Å². The van der Waals surface area contributed by atoms with Crippen molar-refractivity contribution in [2.75, 3.05) is 39.3 Å². The number of hydrogen-bond acceptors (Lipinski definition) is 3. The Balaban J connectivity index is 1.68. The maximum absolute atomic E-state index is 12.5. The van der Waals surface area contributed by atoms with Gasteiger partial charge >= 0.3 is 6.18 Å². The molecule has 158 valence electrons. The van der Waals surface area contributed by atoms with E-state index < -0.39 is 12.7 Å². The smallest absolute Gasteiger partial charge is 0.357 e. The summed E-state index contributed by atoms with van der Waals surface area (Å²) in [4.78, 5) is 10.4. The van der Waals surface area contributed by atoms with Gasteiger partial charge in [0.2, 0.25) is 0 Å². The number of hydrogen-bond donors (Lipinski definition) is 2. The van der Waals surface area contributed by atoms with Crippen LogP contribution in [0.15, 0.2) is 23.3 Å². The summed E-state index contributed by atoms with van der Waals surface area (Å²) in [5.74, 6) is 1.24. The lowest BCUT2D eigenvalue weighted by Gasteiger charge is -2.32. The summed E-state index contributed by atoms with van der Waals surface area (Å²) in [6, 6.07) is 4.09. The normalized spacial score (nSPS) is 17.0. The molecule has 0 radical (unpaired) electrons. The molecule has 0 aromatic carbocycles. The average molecular weight is 400 g/mol. The molecule has 0 atom stereocenters. The van der Waals surface area contributed by atoms with Gasteiger partial charge in [-0.2, -0.15) is 13.2 Å². The van der Waals surface area contributed by atoms with Crippen molar-refractivity contribution in [1.82, 2.24) is 20.5 Å². The van der Waals surface area contributed by atoms with Gasteiger partial charge in [0.1, 0.15) is 0 Å². The molecule has 8 heteroatoms. The highest BCUT2D eigenvalue weighted by Gasteiger charge is 2.32. The van der Waals surface area contributed by atoms with Crippen molar-refractivity contribution in [3.8, 4) is 0 Å². The van der Waals surface area contributed by atoms with E-state index in [0.717, 1.165) is 50.4 Å². The van der Waals surface area contributed by atoms with Crippen LogP contribution in [0.5, 0.6) is 0 Å². The highest BCUT2D eigenvalue weighted by atomic mass is 19.4. The molecule has 1 aliphatic heterocycles. The Morgan fingerprint density at radius 1 is 1.25 bits per heavy atom. The zero-order valence-corrected chi connectivity index (χ0v) is 16.9. The molecule has 1 aromatic rings. The van der Waals surface area contributed by atoms with Crippen molar-refractivity contribution in [2.45, 2.75) is 45.7 Å². The van der Waals surface area contributed by atoms with Crippen LogP contribution in [0, 0.1) is 12.8 Å². The van der Waals surface area contributed by atoms with Crippen molar-refractivity contribution in [3.05, 3.63) is 29.6 Å². The first-order valence-electron chi connectivity index (χ1n) is 10.1. The Kier molecular flexibility index (Phi) is 9.02. The molecule has 2 N–H and O–H groups in total. The molecule has 5 nitrogen and oxygen atoms in total. The first kappa shape index (κ1) is 22.5. The number of nitrogens with one attached hydrogen (secondary N) is 2. The molecule has 0 bridgehead atoms. The minimum Gasteiger partial charge on any atom is -0.357 e. The molecule has 0 aliphatic carbocycles. The third kappa shape index (κ3) is 8.91. The molecule has 2 rings (SSSR count). The fourth-order valence-electron chi connectivity index (χ4n) is 3.36. The SMILES string of the molecule is CCNC(=NCCC1CCN(CC(F)(F)F)CC1)NCCc1ccc(C)nc1. The van der Waals surface area contributed by atoms with Crippen molar-refractivity contribution in [1.29, 1.82) is 0 Å². The number of aliphatic imine (C=N–C) groups is 1. The molecule has 1 saturated heterocycles. The van der Waals surface area contributed by atoms with Crippen LogP contribution in [-0.2, 0) is 6.42 Å². The summed E-state index contributed by atoms with van der Waals surface area (Å²) in [5, 5.41) is 6.57. The first-order valence-corrected chi connectivity index (χ1v) is 10.1. The van der Waals surface area contributed by atoms with E-state index in [1.165, 1.54) is 10.5 Å². The van der Waals surface area contributed by atoms with Crippen LogP contribution in [0.25, 0.3) is 0 Å². The lowest BCUT2D eigenvalue weighted by atomic mass is 9.93. The molecule has 1 aromatic heterocycles. The Labute approximate surface area is 165 Å². The molecule has 0 amide bonds. The number of aromatic nitrogens is 1. The van der Waals surface area contributed by atoms with Crippen LogP contribution < -0.4 is 10.6 Å². The summed E-state index contributed by atoms with van der Waals surface area (Å²) < 4.78 is 37.4. The molecule has 1 aliphatic rings. The summed E-state index contributed by atoms with van der Waals surface area (Å²) in [7, 11) is 0. The van der Waals surface area contributed by atoms with Gasteiger partial charge in [-0.15, -0.1) is 0 Å². The van der Waals surface area contributed by atoms with Crippen molar-refractivity contribution >= 4 is 5.96 Å². The lowest BCUT2D eigenvalue weighted by molar-refractivity contribution is -0.148. The van der Waals surface area contributed by atoms with Gasteiger partial charge in [-0.05, 0) is 70.2 Å². The predicted octanol–water partition coefficient (Wildman–Crippen LogP) is 3.15. The van der Waals surface area contributed by atoms with Crippen LogP contribution in [0.4, 0.5) is 13.2 Å². The van der Waals surface area contributed by atoms with Crippen LogP contribution in [-0.4, -0.2) is 61.3 Å². The van der Waals surface area contributed by atoms with Crippen LogP contribution >= 0.6 is 0 Å². The molecule has 0 saturated carbocycles. The van der Waals surface area contributed by atoms with Crippen LogP contribution in [0.2, 0.25) is 0 Å². The Morgan fingerprint density at radius 3 is 2.61 bits per heavy atom. The zero-order chi connectivity index (χ0) is 20.4. The topological polar surface area (TPSA) is 52.6 Å². The second-order valence-corrected chi connectivity index (χ2v) is 7.37. The van der Waals surface area contributed by atoms with Crippen LogP contribution in [0.3, 0.4) is 0 Å². The van der Waals surface area contributed by atoms with Gasteiger partial charge in [-0.3, -0.25) is 14.9 Å². The maximum atomic E-state index is 12.5. The van der Waals surface area contributed by atoms with Crippen LogP contribution in [0.1, 0.15) is 37.4 Å². The number of alkyl halides is 3. The molecular weight excluding hydrogens is 367 g/mol. The summed E-state index contributed by atoms with van der Waals surface area (Å²) >= 11 is 0. The van der Waals surface area contributed by atoms with E-state index in [1.807, 2.05) is 26.1 Å². The molecule has 1 fully saturated rings. The van der Waals surface area contributed by atoms with Gasteiger partial charge < -0.3 is 10.6 Å². The number of aryl methyl sites for hydroxylation is 1. The predicted molar refractivity (Wildman–Crippen MR) is 106 cm³/mol. The third-order valence-electron chi connectivity index (χ3n) is 4.94. The van der Waals surface area contributed by atoms with E-state index >= 15 is 0 Å². The minimum atomic E-state index is -4.10. The number of piperidine rings is 1. The monoisotopic (exact) mass is 399 g/mol. The van der Waals surface area contributed by atoms with Gasteiger partial charge in [-0.1, -0.05) is 6.07 Å².